The SMILES string of the molecule is CONC(=O)C1CCN(c2cc(C)cc(C)c2)C1=O. The lowest BCUT2D eigenvalue weighted by Crippen LogP contribution is -2.36. The molecule has 102 valence electrons. The Morgan fingerprint density at radius 1 is 1.32 bits per heavy atom. The van der Waals surface area contributed by atoms with Crippen LogP contribution in [0.2, 0.25) is 0 Å². The molecule has 5 heteroatoms. The molecule has 5 nitrogen and oxygen atoms in total. The minimum Gasteiger partial charge on any atom is -0.312 e. The van der Waals surface area contributed by atoms with E-state index in [-0.39, 0.29) is 11.8 Å². The number of hydrogen-bond donors (Lipinski definition) is 1. The maximum Gasteiger partial charge on any atom is 0.256 e. The van der Waals surface area contributed by atoms with E-state index in [1.54, 1.807) is 4.90 Å². The Hall–Kier alpha value is -1.88. The van der Waals surface area contributed by atoms with Gasteiger partial charge in [0.05, 0.1) is 7.11 Å². The molecule has 2 amide bonds. The minimum atomic E-state index is -0.652. The van der Waals surface area contributed by atoms with E-state index in [0.717, 1.165) is 16.8 Å². The number of nitrogens with zero attached hydrogens (tertiary/aromatic N) is 1. The van der Waals surface area contributed by atoms with Gasteiger partial charge in [0.2, 0.25) is 5.91 Å². The van der Waals surface area contributed by atoms with Crippen molar-refractivity contribution in [2.75, 3.05) is 18.6 Å². The minimum absolute atomic E-state index is 0.167. The average Bonchev–Trinajstić information content (AvgIpc) is 2.70. The van der Waals surface area contributed by atoms with Crippen LogP contribution >= 0.6 is 0 Å². The highest BCUT2D eigenvalue weighted by Gasteiger charge is 2.37. The van der Waals surface area contributed by atoms with Crippen molar-refractivity contribution >= 4 is 17.5 Å². The van der Waals surface area contributed by atoms with Crippen LogP contribution in [-0.4, -0.2) is 25.5 Å². The lowest BCUT2D eigenvalue weighted by atomic mass is 10.1. The lowest BCUT2D eigenvalue weighted by molar-refractivity contribution is -0.139. The fraction of sp³-hybridized carbons (Fsp3) is 0.429. The van der Waals surface area contributed by atoms with Crippen LogP contribution in [0.4, 0.5) is 5.69 Å². The average molecular weight is 262 g/mol. The van der Waals surface area contributed by atoms with Crippen LogP contribution in [0.25, 0.3) is 0 Å². The fourth-order valence-corrected chi connectivity index (χ4v) is 2.46. The van der Waals surface area contributed by atoms with Crippen molar-refractivity contribution in [2.45, 2.75) is 20.3 Å². The Morgan fingerprint density at radius 3 is 2.53 bits per heavy atom. The summed E-state index contributed by atoms with van der Waals surface area (Å²) in [6.45, 7) is 4.54. The number of amides is 2. The van der Waals surface area contributed by atoms with E-state index in [9.17, 15) is 9.59 Å². The summed E-state index contributed by atoms with van der Waals surface area (Å²) in [7, 11) is 1.36. The standard InChI is InChI=1S/C14H18N2O3/c1-9-6-10(2)8-11(7-9)16-5-4-12(14(16)18)13(17)15-19-3/h6-8,12H,4-5H2,1-3H3,(H,15,17). The summed E-state index contributed by atoms with van der Waals surface area (Å²) in [6.07, 6.45) is 0.515. The van der Waals surface area contributed by atoms with Gasteiger partial charge in [-0.25, -0.2) is 5.48 Å². The number of anilines is 1. The molecular weight excluding hydrogens is 244 g/mol. The quantitative estimate of drug-likeness (QED) is 0.660. The van der Waals surface area contributed by atoms with E-state index >= 15 is 0 Å². The molecule has 19 heavy (non-hydrogen) atoms. The molecule has 1 saturated heterocycles. The van der Waals surface area contributed by atoms with Crippen molar-refractivity contribution in [3.63, 3.8) is 0 Å². The largest absolute Gasteiger partial charge is 0.312 e. The van der Waals surface area contributed by atoms with Gasteiger partial charge in [0.15, 0.2) is 0 Å². The summed E-state index contributed by atoms with van der Waals surface area (Å²) < 4.78 is 0. The first-order valence-electron chi connectivity index (χ1n) is 6.25. The molecule has 0 saturated carbocycles. The van der Waals surface area contributed by atoms with Crippen molar-refractivity contribution in [1.29, 1.82) is 0 Å². The van der Waals surface area contributed by atoms with E-state index < -0.39 is 5.92 Å². The van der Waals surface area contributed by atoms with Gasteiger partial charge in [0.25, 0.3) is 5.91 Å². The maximum atomic E-state index is 12.3. The van der Waals surface area contributed by atoms with Gasteiger partial charge in [0, 0.05) is 12.2 Å². The van der Waals surface area contributed by atoms with Gasteiger partial charge in [-0.2, -0.15) is 0 Å². The number of aryl methyl sites for hydroxylation is 2. The van der Waals surface area contributed by atoms with Gasteiger partial charge < -0.3 is 4.90 Å². The van der Waals surface area contributed by atoms with Gasteiger partial charge in [-0.15, -0.1) is 0 Å². The third-order valence-corrected chi connectivity index (χ3v) is 3.24. The van der Waals surface area contributed by atoms with E-state index in [1.165, 1.54) is 7.11 Å². The summed E-state index contributed by atoms with van der Waals surface area (Å²) in [5.74, 6) is -1.19. The number of carbonyl (C=O) groups excluding carboxylic acids is 2. The highest BCUT2D eigenvalue weighted by atomic mass is 16.6. The molecule has 1 atom stereocenters. The zero-order valence-electron chi connectivity index (χ0n) is 11.4. The van der Waals surface area contributed by atoms with Crippen LogP contribution in [0.3, 0.4) is 0 Å². The van der Waals surface area contributed by atoms with Crippen LogP contribution in [0, 0.1) is 19.8 Å². The molecule has 0 aromatic heterocycles. The van der Waals surface area contributed by atoms with E-state index in [1.807, 2.05) is 26.0 Å². The second kappa shape index (κ2) is 5.40. The topological polar surface area (TPSA) is 58.6 Å². The molecule has 1 heterocycles. The van der Waals surface area contributed by atoms with Crippen molar-refractivity contribution in [3.05, 3.63) is 29.3 Å². The van der Waals surface area contributed by atoms with Crippen LogP contribution < -0.4 is 10.4 Å². The van der Waals surface area contributed by atoms with E-state index in [0.29, 0.717) is 13.0 Å². The Morgan fingerprint density at radius 2 is 1.95 bits per heavy atom. The van der Waals surface area contributed by atoms with Crippen molar-refractivity contribution in [2.24, 2.45) is 5.92 Å². The molecule has 1 aliphatic heterocycles. The molecule has 1 N–H and O–H groups in total. The van der Waals surface area contributed by atoms with Crippen LogP contribution in [0.15, 0.2) is 18.2 Å². The second-order valence-corrected chi connectivity index (χ2v) is 4.85. The maximum absolute atomic E-state index is 12.3. The van der Waals surface area contributed by atoms with Gasteiger partial charge >= 0.3 is 0 Å². The fourth-order valence-electron chi connectivity index (χ4n) is 2.46. The molecule has 1 fully saturated rings. The van der Waals surface area contributed by atoms with Crippen molar-refractivity contribution < 1.29 is 14.4 Å². The van der Waals surface area contributed by atoms with Crippen LogP contribution in [-0.2, 0) is 14.4 Å². The first kappa shape index (κ1) is 13.5. The molecule has 1 aliphatic rings. The number of carbonyl (C=O) groups is 2. The number of rotatable bonds is 3. The zero-order chi connectivity index (χ0) is 14.0. The summed E-state index contributed by atoms with van der Waals surface area (Å²) in [5, 5.41) is 0. The van der Waals surface area contributed by atoms with Crippen molar-refractivity contribution in [1.82, 2.24) is 5.48 Å². The molecule has 1 aromatic carbocycles. The van der Waals surface area contributed by atoms with Crippen molar-refractivity contribution in [3.8, 4) is 0 Å². The first-order valence-corrected chi connectivity index (χ1v) is 6.25. The molecule has 0 bridgehead atoms. The summed E-state index contributed by atoms with van der Waals surface area (Å²) in [4.78, 5) is 30.2. The zero-order valence-corrected chi connectivity index (χ0v) is 11.4. The lowest BCUT2D eigenvalue weighted by Gasteiger charge is -2.18. The number of nitrogens with one attached hydrogen (secondary N) is 1. The third-order valence-electron chi connectivity index (χ3n) is 3.24. The summed E-state index contributed by atoms with van der Waals surface area (Å²) >= 11 is 0. The molecule has 0 spiro atoms. The number of hydroxylamine groups is 1. The Balaban J connectivity index is 2.19. The van der Waals surface area contributed by atoms with E-state index in [2.05, 4.69) is 16.4 Å². The Bertz CT molecular complexity index is 493. The van der Waals surface area contributed by atoms with Crippen LogP contribution in [0.1, 0.15) is 17.5 Å². The monoisotopic (exact) mass is 262 g/mol. The molecule has 0 aliphatic carbocycles. The molecular formula is C14H18N2O3. The van der Waals surface area contributed by atoms with Crippen LogP contribution in [0.5, 0.6) is 0 Å². The van der Waals surface area contributed by atoms with Gasteiger partial charge in [0.1, 0.15) is 5.92 Å². The highest BCUT2D eigenvalue weighted by molar-refractivity contribution is 6.09. The van der Waals surface area contributed by atoms with Gasteiger partial charge in [-0.3, -0.25) is 14.4 Å². The normalized spacial score (nSPS) is 18.8. The predicted octanol–water partition coefficient (Wildman–Crippen LogP) is 1.33. The summed E-state index contributed by atoms with van der Waals surface area (Å²) in [5.41, 5.74) is 5.29. The first-order chi connectivity index (χ1) is 9.02. The molecule has 2 rings (SSSR count). The molecule has 1 unspecified atom stereocenters. The Kier molecular flexibility index (Phi) is 3.85. The molecule has 0 radical (unpaired) electrons. The highest BCUT2D eigenvalue weighted by Crippen LogP contribution is 2.27. The van der Waals surface area contributed by atoms with E-state index in [4.69, 9.17) is 0 Å². The second-order valence-electron chi connectivity index (χ2n) is 4.85. The predicted molar refractivity (Wildman–Crippen MR) is 71.5 cm³/mol. The number of hydrogen-bond acceptors (Lipinski definition) is 3. The van der Waals surface area contributed by atoms with Gasteiger partial charge in [-0.1, -0.05) is 6.07 Å². The summed E-state index contributed by atoms with van der Waals surface area (Å²) in [6, 6.07) is 5.97. The third kappa shape index (κ3) is 2.76. The molecule has 1 aromatic rings. The smallest absolute Gasteiger partial charge is 0.256 e. The number of benzene rings is 1. The Labute approximate surface area is 112 Å². The van der Waals surface area contributed by atoms with Gasteiger partial charge in [-0.05, 0) is 43.5 Å².